The van der Waals surface area contributed by atoms with Gasteiger partial charge >= 0.3 is 0 Å². The summed E-state index contributed by atoms with van der Waals surface area (Å²) in [7, 11) is 0. The van der Waals surface area contributed by atoms with Gasteiger partial charge in [0.25, 0.3) is 0 Å². The van der Waals surface area contributed by atoms with Crippen molar-refractivity contribution in [3.63, 3.8) is 0 Å². The Morgan fingerprint density at radius 2 is 1.65 bits per heavy atom. The summed E-state index contributed by atoms with van der Waals surface area (Å²) in [5.74, 6) is -0.560. The van der Waals surface area contributed by atoms with Gasteiger partial charge < -0.3 is 9.64 Å². The molecule has 0 aromatic heterocycles. The third-order valence-electron chi connectivity index (χ3n) is 4.89. The van der Waals surface area contributed by atoms with Gasteiger partial charge in [0.15, 0.2) is 6.23 Å². The second-order valence-electron chi connectivity index (χ2n) is 6.47. The lowest BCUT2D eigenvalue weighted by Gasteiger charge is -2.43. The average Bonchev–Trinajstić information content (AvgIpc) is 2.67. The first-order valence-electron chi connectivity index (χ1n) is 8.46. The molecule has 0 saturated carbocycles. The standard InChI is InChI=1S/C22H15F2NO/c23-17-7-5-14(6-8-17)21-12-15-3-1-2-4-19(15)22-25(21)20-10-9-18(24)11-16(20)13-26-22/h1-12,22H,13H2. The average molecular weight is 347 g/mol. The van der Waals surface area contributed by atoms with E-state index in [0.717, 1.165) is 33.6 Å². The van der Waals surface area contributed by atoms with Gasteiger partial charge in [0.05, 0.1) is 12.3 Å². The predicted molar refractivity (Wildman–Crippen MR) is 97.1 cm³/mol. The lowest BCUT2D eigenvalue weighted by molar-refractivity contribution is 0.0342. The molecule has 0 aliphatic carbocycles. The van der Waals surface area contributed by atoms with Gasteiger partial charge in [0.1, 0.15) is 11.6 Å². The second-order valence-corrected chi connectivity index (χ2v) is 6.47. The summed E-state index contributed by atoms with van der Waals surface area (Å²) in [6, 6.07) is 19.2. The summed E-state index contributed by atoms with van der Waals surface area (Å²) in [6.07, 6.45) is 1.77. The molecule has 26 heavy (non-hydrogen) atoms. The van der Waals surface area contributed by atoms with Crippen LogP contribution in [-0.2, 0) is 11.3 Å². The zero-order valence-electron chi connectivity index (χ0n) is 13.8. The van der Waals surface area contributed by atoms with Crippen LogP contribution in [0, 0.1) is 11.6 Å². The second kappa shape index (κ2) is 5.78. The van der Waals surface area contributed by atoms with E-state index in [1.165, 1.54) is 24.3 Å². The van der Waals surface area contributed by atoms with Gasteiger partial charge in [0, 0.05) is 16.8 Å². The van der Waals surface area contributed by atoms with Crippen molar-refractivity contribution in [2.45, 2.75) is 12.8 Å². The van der Waals surface area contributed by atoms with E-state index in [9.17, 15) is 8.78 Å². The number of halogens is 2. The lowest BCUT2D eigenvalue weighted by atomic mass is 9.94. The largest absolute Gasteiger partial charge is 0.349 e. The zero-order valence-corrected chi connectivity index (χ0v) is 13.8. The van der Waals surface area contributed by atoms with Crippen molar-refractivity contribution in [2.75, 3.05) is 4.90 Å². The Morgan fingerprint density at radius 3 is 2.50 bits per heavy atom. The molecule has 2 aliphatic rings. The summed E-state index contributed by atoms with van der Waals surface area (Å²) in [4.78, 5) is 2.06. The number of fused-ring (bicyclic) bond motifs is 5. The Hall–Kier alpha value is -2.98. The topological polar surface area (TPSA) is 12.5 Å². The van der Waals surface area contributed by atoms with Crippen LogP contribution in [0.25, 0.3) is 11.8 Å². The Kier molecular flexibility index (Phi) is 3.40. The number of anilines is 1. The quantitative estimate of drug-likeness (QED) is 0.575. The smallest absolute Gasteiger partial charge is 0.161 e. The monoisotopic (exact) mass is 347 g/mol. The molecule has 0 bridgehead atoms. The van der Waals surface area contributed by atoms with Crippen LogP contribution in [0.15, 0.2) is 66.7 Å². The first-order chi connectivity index (χ1) is 12.7. The molecule has 3 aromatic rings. The molecule has 1 atom stereocenters. The Morgan fingerprint density at radius 1 is 0.885 bits per heavy atom. The Balaban J connectivity index is 1.74. The molecule has 0 spiro atoms. The highest BCUT2D eigenvalue weighted by molar-refractivity contribution is 5.94. The summed E-state index contributed by atoms with van der Waals surface area (Å²) >= 11 is 0. The fourth-order valence-corrected chi connectivity index (χ4v) is 3.69. The fraction of sp³-hybridized carbons (Fsp3) is 0.0909. The first kappa shape index (κ1) is 15.3. The van der Waals surface area contributed by atoms with Crippen LogP contribution < -0.4 is 4.90 Å². The van der Waals surface area contributed by atoms with Gasteiger partial charge in [-0.2, -0.15) is 0 Å². The van der Waals surface area contributed by atoms with Crippen molar-refractivity contribution in [2.24, 2.45) is 0 Å². The molecule has 0 saturated heterocycles. The zero-order chi connectivity index (χ0) is 17.7. The molecule has 1 unspecified atom stereocenters. The molecule has 0 N–H and O–H groups in total. The Bertz CT molecular complexity index is 1030. The molecule has 5 rings (SSSR count). The van der Waals surface area contributed by atoms with Gasteiger partial charge in [-0.3, -0.25) is 0 Å². The SMILES string of the molecule is Fc1ccc(C2=Cc3ccccc3C3OCc4cc(F)ccc4N23)cc1. The van der Waals surface area contributed by atoms with Crippen LogP contribution in [0.2, 0.25) is 0 Å². The van der Waals surface area contributed by atoms with E-state index in [0.29, 0.717) is 6.61 Å². The van der Waals surface area contributed by atoms with E-state index in [2.05, 4.69) is 11.0 Å². The van der Waals surface area contributed by atoms with E-state index < -0.39 is 0 Å². The maximum absolute atomic E-state index is 13.7. The van der Waals surface area contributed by atoms with Gasteiger partial charge in [-0.1, -0.05) is 24.3 Å². The van der Waals surface area contributed by atoms with E-state index in [1.807, 2.05) is 24.3 Å². The van der Waals surface area contributed by atoms with E-state index in [4.69, 9.17) is 4.74 Å². The van der Waals surface area contributed by atoms with Crippen LogP contribution in [-0.4, -0.2) is 0 Å². The molecule has 2 nitrogen and oxygen atoms in total. The third-order valence-corrected chi connectivity index (χ3v) is 4.89. The highest BCUT2D eigenvalue weighted by Crippen LogP contribution is 2.46. The minimum absolute atomic E-state index is 0.278. The molecule has 0 fully saturated rings. The van der Waals surface area contributed by atoms with Crippen molar-refractivity contribution in [3.05, 3.63) is 101 Å². The predicted octanol–water partition coefficient (Wildman–Crippen LogP) is 5.51. The molecular formula is C22H15F2NO. The summed E-state index contributed by atoms with van der Waals surface area (Å²) in [5, 5.41) is 0. The van der Waals surface area contributed by atoms with Crippen molar-refractivity contribution in [3.8, 4) is 0 Å². The van der Waals surface area contributed by atoms with Crippen LogP contribution in [0.4, 0.5) is 14.5 Å². The van der Waals surface area contributed by atoms with Crippen LogP contribution in [0.5, 0.6) is 0 Å². The lowest BCUT2D eigenvalue weighted by Crippen LogP contribution is -2.36. The molecule has 128 valence electrons. The number of hydrogen-bond acceptors (Lipinski definition) is 2. The van der Waals surface area contributed by atoms with Crippen molar-refractivity contribution >= 4 is 17.5 Å². The maximum atomic E-state index is 13.7. The van der Waals surface area contributed by atoms with Crippen LogP contribution >= 0.6 is 0 Å². The number of ether oxygens (including phenoxy) is 1. The van der Waals surface area contributed by atoms with E-state index in [1.54, 1.807) is 18.2 Å². The van der Waals surface area contributed by atoms with Crippen LogP contribution in [0.1, 0.15) is 28.5 Å². The normalized spacial score (nSPS) is 17.8. The summed E-state index contributed by atoms with van der Waals surface area (Å²) < 4.78 is 33.2. The van der Waals surface area contributed by atoms with E-state index in [-0.39, 0.29) is 17.9 Å². The molecule has 3 aromatic carbocycles. The molecule has 0 amide bonds. The molecule has 2 aliphatic heterocycles. The first-order valence-corrected chi connectivity index (χ1v) is 8.46. The van der Waals surface area contributed by atoms with Crippen molar-refractivity contribution < 1.29 is 13.5 Å². The van der Waals surface area contributed by atoms with Crippen molar-refractivity contribution in [1.82, 2.24) is 0 Å². The minimum atomic E-state index is -0.297. The Labute approximate surface area is 150 Å². The highest BCUT2D eigenvalue weighted by Gasteiger charge is 2.35. The minimum Gasteiger partial charge on any atom is -0.349 e. The summed E-state index contributed by atoms with van der Waals surface area (Å²) in [6.45, 7) is 0.347. The highest BCUT2D eigenvalue weighted by atomic mass is 19.1. The summed E-state index contributed by atoms with van der Waals surface area (Å²) in [5.41, 5.74) is 5.63. The van der Waals surface area contributed by atoms with Crippen molar-refractivity contribution in [1.29, 1.82) is 0 Å². The van der Waals surface area contributed by atoms with Gasteiger partial charge in [-0.15, -0.1) is 0 Å². The number of rotatable bonds is 1. The van der Waals surface area contributed by atoms with Gasteiger partial charge in [-0.05, 0) is 59.7 Å². The van der Waals surface area contributed by atoms with E-state index >= 15 is 0 Å². The third kappa shape index (κ3) is 2.34. The van der Waals surface area contributed by atoms with Gasteiger partial charge in [0.2, 0.25) is 0 Å². The number of hydrogen-bond donors (Lipinski definition) is 0. The number of benzene rings is 3. The molecule has 4 heteroatoms. The molecule has 2 heterocycles. The molecule has 0 radical (unpaired) electrons. The fourth-order valence-electron chi connectivity index (χ4n) is 3.69. The molecular weight excluding hydrogens is 332 g/mol. The number of nitrogens with zero attached hydrogens (tertiary/aromatic N) is 1. The van der Waals surface area contributed by atoms with Crippen LogP contribution in [0.3, 0.4) is 0 Å². The van der Waals surface area contributed by atoms with Gasteiger partial charge in [-0.25, -0.2) is 8.78 Å². The maximum Gasteiger partial charge on any atom is 0.161 e.